The highest BCUT2D eigenvalue weighted by atomic mass is 16.5. The van der Waals surface area contributed by atoms with Gasteiger partial charge in [0.25, 0.3) is 0 Å². The molecule has 0 aromatic heterocycles. The molecule has 0 fully saturated rings. The van der Waals surface area contributed by atoms with Crippen molar-refractivity contribution in [3.05, 3.63) is 71.8 Å². The third-order valence-electron chi connectivity index (χ3n) is 6.70. The van der Waals surface area contributed by atoms with E-state index in [1.165, 1.54) is 11.1 Å². The number of hydrogen-bond donors (Lipinski definition) is 0. The van der Waals surface area contributed by atoms with Gasteiger partial charge in [0, 0.05) is 25.0 Å². The fourth-order valence-corrected chi connectivity index (χ4v) is 4.05. The summed E-state index contributed by atoms with van der Waals surface area (Å²) in [7, 11) is 0. The predicted molar refractivity (Wildman–Crippen MR) is 133 cm³/mol. The Labute approximate surface area is 191 Å². The Hall–Kier alpha value is -1.64. The highest BCUT2D eigenvalue weighted by molar-refractivity contribution is 5.22. The summed E-state index contributed by atoms with van der Waals surface area (Å²) in [6.07, 6.45) is 3.22. The van der Waals surface area contributed by atoms with Crippen LogP contribution in [0.25, 0.3) is 0 Å². The summed E-state index contributed by atoms with van der Waals surface area (Å²) >= 11 is 0. The maximum atomic E-state index is 6.13. The lowest BCUT2D eigenvalue weighted by molar-refractivity contribution is 0.0617. The van der Waals surface area contributed by atoms with Crippen LogP contribution in [0, 0.1) is 10.8 Å². The van der Waals surface area contributed by atoms with Crippen LogP contribution in [0.3, 0.4) is 0 Å². The summed E-state index contributed by atoms with van der Waals surface area (Å²) in [6, 6.07) is 21.6. The van der Waals surface area contributed by atoms with E-state index in [2.05, 4.69) is 102 Å². The van der Waals surface area contributed by atoms with Crippen molar-refractivity contribution < 1.29 is 9.47 Å². The van der Waals surface area contributed by atoms with Gasteiger partial charge >= 0.3 is 0 Å². The Morgan fingerprint density at radius 3 is 1.48 bits per heavy atom. The minimum atomic E-state index is 0.184. The Balaban J connectivity index is 1.71. The van der Waals surface area contributed by atoms with E-state index in [9.17, 15) is 0 Å². The van der Waals surface area contributed by atoms with Crippen LogP contribution in [0.4, 0.5) is 0 Å². The largest absolute Gasteiger partial charge is 0.381 e. The van der Waals surface area contributed by atoms with Gasteiger partial charge in [-0.05, 0) is 34.8 Å². The van der Waals surface area contributed by atoms with E-state index in [1.54, 1.807) is 0 Å². The van der Waals surface area contributed by atoms with Crippen molar-refractivity contribution in [3.8, 4) is 0 Å². The minimum absolute atomic E-state index is 0.184. The van der Waals surface area contributed by atoms with E-state index >= 15 is 0 Å². The van der Waals surface area contributed by atoms with Crippen molar-refractivity contribution >= 4 is 0 Å². The fraction of sp³-hybridized carbons (Fsp3) is 0.586. The Bertz CT molecular complexity index is 715. The second-order valence-electron chi connectivity index (χ2n) is 10.5. The van der Waals surface area contributed by atoms with Gasteiger partial charge < -0.3 is 9.47 Å². The zero-order valence-corrected chi connectivity index (χ0v) is 20.7. The van der Waals surface area contributed by atoms with Crippen molar-refractivity contribution in [1.82, 2.24) is 0 Å². The van der Waals surface area contributed by atoms with Crippen LogP contribution in [-0.2, 0) is 9.47 Å². The quantitative estimate of drug-likeness (QED) is 0.305. The van der Waals surface area contributed by atoms with E-state index in [0.717, 1.165) is 45.7 Å². The molecular weight excluding hydrogens is 380 g/mol. The lowest BCUT2D eigenvalue weighted by atomic mass is 9.73. The first-order valence-electron chi connectivity index (χ1n) is 12.0. The summed E-state index contributed by atoms with van der Waals surface area (Å²) in [5.74, 6) is 0.834. The van der Waals surface area contributed by atoms with Crippen LogP contribution in [0.2, 0.25) is 0 Å². The average molecular weight is 425 g/mol. The Morgan fingerprint density at radius 2 is 1.06 bits per heavy atom. The van der Waals surface area contributed by atoms with Gasteiger partial charge in [-0.3, -0.25) is 0 Å². The van der Waals surface area contributed by atoms with Crippen LogP contribution in [-0.4, -0.2) is 26.4 Å². The average Bonchev–Trinajstić information content (AvgIpc) is 2.75. The highest BCUT2D eigenvalue weighted by Crippen LogP contribution is 2.38. The Kier molecular flexibility index (Phi) is 10.3. The summed E-state index contributed by atoms with van der Waals surface area (Å²) in [6.45, 7) is 17.0. The first kappa shape index (κ1) is 25.6. The number of unbranched alkanes of at least 4 members (excludes halogenated alkanes) is 1. The Morgan fingerprint density at radius 1 is 0.645 bits per heavy atom. The first-order chi connectivity index (χ1) is 14.8. The minimum Gasteiger partial charge on any atom is -0.381 e. The van der Waals surface area contributed by atoms with E-state index < -0.39 is 0 Å². The third-order valence-corrected chi connectivity index (χ3v) is 6.70. The second kappa shape index (κ2) is 12.4. The SMILES string of the molecule is CCC(C)(C)[C@H](COCCCCOC[C@H](c1ccccc1)C(C)(C)C)c1ccccc1. The molecule has 2 rings (SSSR count). The van der Waals surface area contributed by atoms with Crippen molar-refractivity contribution in [2.45, 2.75) is 72.6 Å². The molecule has 0 aliphatic rings. The zero-order valence-electron chi connectivity index (χ0n) is 20.7. The third kappa shape index (κ3) is 8.43. The summed E-state index contributed by atoms with van der Waals surface area (Å²) in [5, 5.41) is 0. The molecule has 0 bridgehead atoms. The molecule has 0 spiro atoms. The number of hydrogen-bond acceptors (Lipinski definition) is 2. The molecular formula is C29H44O2. The molecule has 2 heteroatoms. The van der Waals surface area contributed by atoms with Gasteiger partial charge in [-0.2, -0.15) is 0 Å². The van der Waals surface area contributed by atoms with Gasteiger partial charge in [0.2, 0.25) is 0 Å². The van der Waals surface area contributed by atoms with Crippen LogP contribution in [0.5, 0.6) is 0 Å². The first-order valence-corrected chi connectivity index (χ1v) is 12.0. The molecule has 0 heterocycles. The van der Waals surface area contributed by atoms with Crippen LogP contribution in [0.15, 0.2) is 60.7 Å². The zero-order chi connectivity index (χ0) is 22.7. The summed E-state index contributed by atoms with van der Waals surface area (Å²) < 4.78 is 12.2. The van der Waals surface area contributed by atoms with Gasteiger partial charge in [-0.1, -0.05) is 109 Å². The summed E-state index contributed by atoms with van der Waals surface area (Å²) in [4.78, 5) is 0. The van der Waals surface area contributed by atoms with Crippen molar-refractivity contribution in [2.24, 2.45) is 10.8 Å². The second-order valence-corrected chi connectivity index (χ2v) is 10.5. The van der Waals surface area contributed by atoms with Gasteiger partial charge in [-0.25, -0.2) is 0 Å². The van der Waals surface area contributed by atoms with Crippen LogP contribution in [0.1, 0.15) is 83.8 Å². The van der Waals surface area contributed by atoms with Crippen molar-refractivity contribution in [1.29, 1.82) is 0 Å². The van der Waals surface area contributed by atoms with Crippen molar-refractivity contribution in [2.75, 3.05) is 26.4 Å². The molecule has 0 saturated heterocycles. The molecule has 0 unspecified atom stereocenters. The fourth-order valence-electron chi connectivity index (χ4n) is 4.05. The standard InChI is InChI=1S/C29H44O2/c1-7-29(5,6)27(25-18-12-9-13-19-25)23-31-21-15-14-20-30-22-26(28(2,3)4)24-16-10-8-11-17-24/h8-13,16-19,26-27H,7,14-15,20-23H2,1-6H3/t26-,27-/m1/s1. The maximum Gasteiger partial charge on any atom is 0.0539 e. The predicted octanol–water partition coefficient (Wildman–Crippen LogP) is 7.85. The van der Waals surface area contributed by atoms with Gasteiger partial charge in [-0.15, -0.1) is 0 Å². The molecule has 2 aromatic carbocycles. The number of rotatable bonds is 13. The molecule has 2 aromatic rings. The van der Waals surface area contributed by atoms with E-state index in [-0.39, 0.29) is 10.8 Å². The van der Waals surface area contributed by atoms with E-state index in [4.69, 9.17) is 9.47 Å². The molecule has 0 aliphatic carbocycles. The molecule has 2 nitrogen and oxygen atoms in total. The van der Waals surface area contributed by atoms with Gasteiger partial charge in [0.05, 0.1) is 13.2 Å². The van der Waals surface area contributed by atoms with E-state index in [0.29, 0.717) is 11.8 Å². The van der Waals surface area contributed by atoms with Gasteiger partial charge in [0.1, 0.15) is 0 Å². The van der Waals surface area contributed by atoms with Crippen molar-refractivity contribution in [3.63, 3.8) is 0 Å². The maximum absolute atomic E-state index is 6.13. The molecule has 0 radical (unpaired) electrons. The molecule has 0 saturated carbocycles. The molecule has 31 heavy (non-hydrogen) atoms. The lowest BCUT2D eigenvalue weighted by Gasteiger charge is -2.34. The number of benzene rings is 2. The molecule has 0 amide bonds. The molecule has 0 aliphatic heterocycles. The normalized spacial score (nSPS) is 14.4. The molecule has 0 N–H and O–H groups in total. The van der Waals surface area contributed by atoms with Gasteiger partial charge in [0.15, 0.2) is 0 Å². The molecule has 172 valence electrons. The number of ether oxygens (including phenoxy) is 2. The van der Waals surface area contributed by atoms with Crippen LogP contribution < -0.4 is 0 Å². The van der Waals surface area contributed by atoms with E-state index in [1.807, 2.05) is 0 Å². The van der Waals surface area contributed by atoms with Crippen LogP contribution >= 0.6 is 0 Å². The topological polar surface area (TPSA) is 18.5 Å². The highest BCUT2D eigenvalue weighted by Gasteiger charge is 2.29. The molecule has 2 atom stereocenters. The smallest absolute Gasteiger partial charge is 0.0539 e. The lowest BCUT2D eigenvalue weighted by Crippen LogP contribution is -2.26. The summed E-state index contributed by atoms with van der Waals surface area (Å²) in [5.41, 5.74) is 3.16. The monoisotopic (exact) mass is 424 g/mol.